The van der Waals surface area contributed by atoms with Gasteiger partial charge in [-0.2, -0.15) is 0 Å². The van der Waals surface area contributed by atoms with Crippen LogP contribution in [0.2, 0.25) is 0 Å². The minimum absolute atomic E-state index is 0.0643. The van der Waals surface area contributed by atoms with Crippen molar-refractivity contribution in [2.45, 2.75) is 45.9 Å². The average molecular weight is 406 g/mol. The van der Waals surface area contributed by atoms with Gasteiger partial charge in [0.2, 0.25) is 0 Å². The summed E-state index contributed by atoms with van der Waals surface area (Å²) in [6.45, 7) is 7.95. The second-order valence-electron chi connectivity index (χ2n) is 7.59. The Morgan fingerprint density at radius 3 is 2.24 bits per heavy atom. The maximum atomic E-state index is 12.5. The molecule has 0 aliphatic carbocycles. The van der Waals surface area contributed by atoms with E-state index in [0.717, 1.165) is 0 Å². The fraction of sp³-hybridized carbons (Fsp3) is 0.571. The zero-order valence-corrected chi connectivity index (χ0v) is 17.6. The highest BCUT2D eigenvalue weighted by Gasteiger charge is 2.29. The summed E-state index contributed by atoms with van der Waals surface area (Å²) in [4.78, 5) is 39.0. The third-order valence-electron chi connectivity index (χ3n) is 4.67. The van der Waals surface area contributed by atoms with Crippen molar-refractivity contribution >= 4 is 17.8 Å². The standard InChI is InChI=1S/C21H30N2O6/c1-13(2)19(22-20(25)16-6-8-17(27-5)9-7-16)21(26)28-12-18(24)23-10-14(3)29-15(4)11-23/h6-9,13-15,19H,10-12H2,1-5H3,(H,22,25)/t14-,15-,19+/m1/s1. The Bertz CT molecular complexity index is 708. The molecule has 0 aromatic heterocycles. The summed E-state index contributed by atoms with van der Waals surface area (Å²) in [5.41, 5.74) is 0.400. The summed E-state index contributed by atoms with van der Waals surface area (Å²) >= 11 is 0. The number of hydrogen-bond acceptors (Lipinski definition) is 6. The predicted octanol–water partition coefficient (Wildman–Crippen LogP) is 1.63. The zero-order chi connectivity index (χ0) is 21.6. The topological polar surface area (TPSA) is 94.2 Å². The molecule has 160 valence electrons. The van der Waals surface area contributed by atoms with Crippen molar-refractivity contribution in [1.29, 1.82) is 0 Å². The molecular weight excluding hydrogens is 376 g/mol. The van der Waals surface area contributed by atoms with E-state index in [-0.39, 0.29) is 30.6 Å². The molecule has 0 radical (unpaired) electrons. The van der Waals surface area contributed by atoms with Crippen molar-refractivity contribution < 1.29 is 28.6 Å². The van der Waals surface area contributed by atoms with Crippen molar-refractivity contribution in [3.05, 3.63) is 29.8 Å². The number of hydrogen-bond donors (Lipinski definition) is 1. The highest BCUT2D eigenvalue weighted by molar-refractivity contribution is 5.97. The average Bonchev–Trinajstić information content (AvgIpc) is 2.68. The van der Waals surface area contributed by atoms with E-state index in [4.69, 9.17) is 14.2 Å². The van der Waals surface area contributed by atoms with Crippen molar-refractivity contribution in [2.24, 2.45) is 5.92 Å². The molecule has 1 aromatic carbocycles. The van der Waals surface area contributed by atoms with E-state index >= 15 is 0 Å². The molecular formula is C21H30N2O6. The number of methoxy groups -OCH3 is 1. The number of morpholine rings is 1. The summed E-state index contributed by atoms with van der Waals surface area (Å²) in [5, 5.41) is 2.69. The van der Waals surface area contributed by atoms with Gasteiger partial charge in [-0.1, -0.05) is 13.8 Å². The van der Waals surface area contributed by atoms with E-state index < -0.39 is 17.9 Å². The van der Waals surface area contributed by atoms with Crippen molar-refractivity contribution in [3.63, 3.8) is 0 Å². The van der Waals surface area contributed by atoms with Crippen LogP contribution in [0.25, 0.3) is 0 Å². The second-order valence-corrected chi connectivity index (χ2v) is 7.59. The molecule has 1 N–H and O–H groups in total. The van der Waals surface area contributed by atoms with E-state index in [1.54, 1.807) is 50.1 Å². The van der Waals surface area contributed by atoms with Crippen LogP contribution in [0.5, 0.6) is 5.75 Å². The number of carbonyl (C=O) groups excluding carboxylic acids is 3. The van der Waals surface area contributed by atoms with E-state index in [0.29, 0.717) is 24.4 Å². The van der Waals surface area contributed by atoms with Crippen LogP contribution in [0.1, 0.15) is 38.1 Å². The van der Waals surface area contributed by atoms with Crippen LogP contribution in [-0.4, -0.2) is 67.7 Å². The Morgan fingerprint density at radius 2 is 1.72 bits per heavy atom. The first kappa shape index (κ1) is 22.7. The minimum atomic E-state index is -0.861. The van der Waals surface area contributed by atoms with Gasteiger partial charge in [-0.3, -0.25) is 9.59 Å². The second kappa shape index (κ2) is 10.2. The minimum Gasteiger partial charge on any atom is -0.497 e. The Labute approximate surface area is 171 Å². The van der Waals surface area contributed by atoms with Gasteiger partial charge in [0.15, 0.2) is 6.61 Å². The molecule has 0 bridgehead atoms. The number of amides is 2. The first-order valence-electron chi connectivity index (χ1n) is 9.76. The fourth-order valence-corrected chi connectivity index (χ4v) is 3.16. The Balaban J connectivity index is 1.92. The van der Waals surface area contributed by atoms with Gasteiger partial charge < -0.3 is 24.4 Å². The smallest absolute Gasteiger partial charge is 0.329 e. The van der Waals surface area contributed by atoms with Gasteiger partial charge in [0, 0.05) is 18.7 Å². The van der Waals surface area contributed by atoms with Crippen LogP contribution >= 0.6 is 0 Å². The van der Waals surface area contributed by atoms with Crippen LogP contribution in [0.4, 0.5) is 0 Å². The largest absolute Gasteiger partial charge is 0.497 e. The third-order valence-corrected chi connectivity index (χ3v) is 4.67. The van der Waals surface area contributed by atoms with Gasteiger partial charge >= 0.3 is 5.97 Å². The van der Waals surface area contributed by atoms with Gasteiger partial charge in [0.25, 0.3) is 11.8 Å². The highest BCUT2D eigenvalue weighted by atomic mass is 16.5. The maximum Gasteiger partial charge on any atom is 0.329 e. The third kappa shape index (κ3) is 6.45. The van der Waals surface area contributed by atoms with Crippen molar-refractivity contribution in [2.75, 3.05) is 26.8 Å². The van der Waals surface area contributed by atoms with E-state index in [2.05, 4.69) is 5.32 Å². The summed E-state index contributed by atoms with van der Waals surface area (Å²) in [7, 11) is 1.54. The Kier molecular flexibility index (Phi) is 8.01. The van der Waals surface area contributed by atoms with Crippen molar-refractivity contribution in [3.8, 4) is 5.75 Å². The molecule has 8 nitrogen and oxygen atoms in total. The molecule has 1 aliphatic heterocycles. The number of rotatable bonds is 7. The monoisotopic (exact) mass is 406 g/mol. The summed E-state index contributed by atoms with van der Waals surface area (Å²) in [5.74, 6) is -0.880. The molecule has 29 heavy (non-hydrogen) atoms. The normalized spacial score (nSPS) is 20.1. The molecule has 1 heterocycles. The lowest BCUT2D eigenvalue weighted by Crippen LogP contribution is -2.50. The van der Waals surface area contributed by atoms with E-state index in [1.807, 2.05) is 13.8 Å². The van der Waals surface area contributed by atoms with Crippen LogP contribution in [0, 0.1) is 5.92 Å². The highest BCUT2D eigenvalue weighted by Crippen LogP contribution is 2.13. The number of benzene rings is 1. The van der Waals surface area contributed by atoms with Crippen molar-refractivity contribution in [1.82, 2.24) is 10.2 Å². The van der Waals surface area contributed by atoms with Gasteiger partial charge in [-0.05, 0) is 44.0 Å². The van der Waals surface area contributed by atoms with E-state index in [1.165, 1.54) is 0 Å². The van der Waals surface area contributed by atoms with E-state index in [9.17, 15) is 14.4 Å². The van der Waals surface area contributed by atoms with Crippen LogP contribution < -0.4 is 10.1 Å². The Hall–Kier alpha value is -2.61. The lowest BCUT2D eigenvalue weighted by Gasteiger charge is -2.35. The van der Waals surface area contributed by atoms with Gasteiger partial charge in [-0.15, -0.1) is 0 Å². The molecule has 1 saturated heterocycles. The van der Waals surface area contributed by atoms with Crippen LogP contribution in [0.3, 0.4) is 0 Å². The fourth-order valence-electron chi connectivity index (χ4n) is 3.16. The molecule has 1 aliphatic rings. The molecule has 1 fully saturated rings. The van der Waals surface area contributed by atoms with Gasteiger partial charge in [0.1, 0.15) is 11.8 Å². The SMILES string of the molecule is COc1ccc(C(=O)N[C@H](C(=O)OCC(=O)N2C[C@@H](C)O[C@H](C)C2)C(C)C)cc1. The quantitative estimate of drug-likeness (QED) is 0.692. The molecule has 0 saturated carbocycles. The van der Waals surface area contributed by atoms with Gasteiger partial charge in [-0.25, -0.2) is 4.79 Å². The molecule has 2 rings (SSSR count). The number of esters is 1. The number of nitrogens with zero attached hydrogens (tertiary/aromatic N) is 1. The molecule has 0 spiro atoms. The van der Waals surface area contributed by atoms with Gasteiger partial charge in [0.05, 0.1) is 19.3 Å². The van der Waals surface area contributed by atoms with Crippen LogP contribution in [0.15, 0.2) is 24.3 Å². The molecule has 3 atom stereocenters. The first-order chi connectivity index (χ1) is 13.7. The predicted molar refractivity (Wildman–Crippen MR) is 107 cm³/mol. The maximum absolute atomic E-state index is 12.5. The molecule has 1 aromatic rings. The summed E-state index contributed by atoms with van der Waals surface area (Å²) in [6.07, 6.45) is -0.129. The molecule has 2 amide bonds. The number of nitrogens with one attached hydrogen (secondary N) is 1. The Morgan fingerprint density at radius 1 is 1.14 bits per heavy atom. The first-order valence-corrected chi connectivity index (χ1v) is 9.76. The van der Waals surface area contributed by atoms with Crippen LogP contribution in [-0.2, 0) is 19.1 Å². The lowest BCUT2D eigenvalue weighted by atomic mass is 10.0. The number of ether oxygens (including phenoxy) is 3. The number of carbonyl (C=O) groups is 3. The zero-order valence-electron chi connectivity index (χ0n) is 17.6. The molecule has 0 unspecified atom stereocenters. The molecule has 8 heteroatoms. The summed E-state index contributed by atoms with van der Waals surface area (Å²) < 4.78 is 15.9. The lowest BCUT2D eigenvalue weighted by molar-refractivity contribution is -0.159. The summed E-state index contributed by atoms with van der Waals surface area (Å²) in [6, 6.07) is 5.70.